The minimum Gasteiger partial charge on any atom is -0.481 e. The van der Waals surface area contributed by atoms with Gasteiger partial charge in [0.05, 0.1) is 7.11 Å². The normalized spacial score (nSPS) is 18.8. The largest absolute Gasteiger partial charge is 0.481 e. The summed E-state index contributed by atoms with van der Waals surface area (Å²) in [7, 11) is 1.68. The van der Waals surface area contributed by atoms with E-state index < -0.39 is 0 Å². The first kappa shape index (κ1) is 14.3. The summed E-state index contributed by atoms with van der Waals surface area (Å²) in [6.07, 6.45) is 10.1. The highest BCUT2D eigenvalue weighted by Gasteiger charge is 2.18. The molecule has 1 atom stereocenters. The molecule has 3 heteroatoms. The standard InChI is InChI=1S/C16H26N2O/c1-13(14-8-5-3-4-6-9-14)18-12-15-10-7-11-17-16(15)19-2/h7,10-11,13-14,18H,3-6,8-9,12H2,1-2H3/t13-/m1/s1. The summed E-state index contributed by atoms with van der Waals surface area (Å²) in [6.45, 7) is 3.16. The molecule has 1 aromatic rings. The number of methoxy groups -OCH3 is 1. The van der Waals surface area contributed by atoms with Gasteiger partial charge in [-0.2, -0.15) is 0 Å². The molecule has 1 aliphatic carbocycles. The molecule has 0 bridgehead atoms. The summed E-state index contributed by atoms with van der Waals surface area (Å²) >= 11 is 0. The zero-order valence-corrected chi connectivity index (χ0v) is 12.2. The highest BCUT2D eigenvalue weighted by molar-refractivity contribution is 5.25. The molecule has 0 amide bonds. The first-order valence-corrected chi connectivity index (χ1v) is 7.52. The Labute approximate surface area is 116 Å². The number of hydrogen-bond donors (Lipinski definition) is 1. The Hall–Kier alpha value is -1.09. The molecule has 0 saturated heterocycles. The number of rotatable bonds is 5. The quantitative estimate of drug-likeness (QED) is 0.824. The fourth-order valence-corrected chi connectivity index (χ4v) is 2.99. The minimum absolute atomic E-state index is 0.572. The lowest BCUT2D eigenvalue weighted by Crippen LogP contribution is -2.33. The maximum atomic E-state index is 5.29. The van der Waals surface area contributed by atoms with E-state index >= 15 is 0 Å². The molecule has 1 heterocycles. The Morgan fingerprint density at radius 2 is 2.05 bits per heavy atom. The first-order chi connectivity index (χ1) is 9.31. The Kier molecular flexibility index (Phi) is 5.64. The number of ether oxygens (including phenoxy) is 1. The molecule has 1 aliphatic rings. The van der Waals surface area contributed by atoms with Gasteiger partial charge in [0.15, 0.2) is 0 Å². The summed E-state index contributed by atoms with van der Waals surface area (Å²) in [5.74, 6) is 1.56. The van der Waals surface area contributed by atoms with Crippen molar-refractivity contribution in [3.05, 3.63) is 23.9 Å². The van der Waals surface area contributed by atoms with E-state index in [1.54, 1.807) is 13.3 Å². The molecular weight excluding hydrogens is 236 g/mol. The Morgan fingerprint density at radius 3 is 2.74 bits per heavy atom. The zero-order valence-electron chi connectivity index (χ0n) is 12.2. The van der Waals surface area contributed by atoms with Crippen LogP contribution in [0.15, 0.2) is 18.3 Å². The van der Waals surface area contributed by atoms with E-state index in [0.29, 0.717) is 6.04 Å². The van der Waals surface area contributed by atoms with Crippen LogP contribution in [-0.2, 0) is 6.54 Å². The summed E-state index contributed by atoms with van der Waals surface area (Å²) < 4.78 is 5.29. The van der Waals surface area contributed by atoms with Crippen LogP contribution in [0.1, 0.15) is 51.0 Å². The van der Waals surface area contributed by atoms with E-state index in [4.69, 9.17) is 4.74 Å². The number of aromatic nitrogens is 1. The van der Waals surface area contributed by atoms with Crippen molar-refractivity contribution in [1.82, 2.24) is 10.3 Å². The number of pyridine rings is 1. The summed E-state index contributed by atoms with van der Waals surface area (Å²) in [5.41, 5.74) is 1.14. The van der Waals surface area contributed by atoms with Gasteiger partial charge in [0, 0.05) is 24.3 Å². The number of hydrogen-bond acceptors (Lipinski definition) is 3. The van der Waals surface area contributed by atoms with Crippen LogP contribution in [0.25, 0.3) is 0 Å². The monoisotopic (exact) mass is 262 g/mol. The molecular formula is C16H26N2O. The third-order valence-corrected chi connectivity index (χ3v) is 4.26. The Morgan fingerprint density at radius 1 is 1.32 bits per heavy atom. The molecule has 1 N–H and O–H groups in total. The third kappa shape index (κ3) is 4.20. The zero-order chi connectivity index (χ0) is 13.5. The SMILES string of the molecule is COc1ncccc1CN[C@H](C)C1CCCCCC1. The van der Waals surface area contributed by atoms with E-state index in [1.807, 2.05) is 6.07 Å². The smallest absolute Gasteiger partial charge is 0.217 e. The Balaban J connectivity index is 1.86. The molecule has 19 heavy (non-hydrogen) atoms. The fourth-order valence-electron chi connectivity index (χ4n) is 2.99. The van der Waals surface area contributed by atoms with Crippen LogP contribution >= 0.6 is 0 Å². The second-order valence-electron chi connectivity index (χ2n) is 5.59. The van der Waals surface area contributed by atoms with Crippen LogP contribution < -0.4 is 10.1 Å². The van der Waals surface area contributed by atoms with Crippen molar-refractivity contribution in [1.29, 1.82) is 0 Å². The highest BCUT2D eigenvalue weighted by Crippen LogP contribution is 2.25. The lowest BCUT2D eigenvalue weighted by Gasteiger charge is -2.24. The number of nitrogens with one attached hydrogen (secondary N) is 1. The molecule has 0 aromatic carbocycles. The van der Waals surface area contributed by atoms with Crippen LogP contribution in [-0.4, -0.2) is 18.1 Å². The van der Waals surface area contributed by atoms with Crippen molar-refractivity contribution in [2.24, 2.45) is 5.92 Å². The predicted octanol–water partition coefficient (Wildman–Crippen LogP) is 3.54. The van der Waals surface area contributed by atoms with Crippen molar-refractivity contribution in [2.45, 2.75) is 58.0 Å². The maximum Gasteiger partial charge on any atom is 0.217 e. The summed E-state index contributed by atoms with van der Waals surface area (Å²) in [5, 5.41) is 3.65. The van der Waals surface area contributed by atoms with Gasteiger partial charge < -0.3 is 10.1 Å². The molecule has 0 radical (unpaired) electrons. The van der Waals surface area contributed by atoms with Crippen LogP contribution in [0.4, 0.5) is 0 Å². The van der Waals surface area contributed by atoms with Gasteiger partial charge in [-0.25, -0.2) is 4.98 Å². The second kappa shape index (κ2) is 7.49. The fraction of sp³-hybridized carbons (Fsp3) is 0.688. The first-order valence-electron chi connectivity index (χ1n) is 7.52. The van der Waals surface area contributed by atoms with Gasteiger partial charge in [0.2, 0.25) is 5.88 Å². The number of nitrogens with zero attached hydrogens (tertiary/aromatic N) is 1. The van der Waals surface area contributed by atoms with Gasteiger partial charge in [-0.1, -0.05) is 31.7 Å². The average molecular weight is 262 g/mol. The molecule has 0 unspecified atom stereocenters. The van der Waals surface area contributed by atoms with Crippen molar-refractivity contribution >= 4 is 0 Å². The van der Waals surface area contributed by atoms with Crippen molar-refractivity contribution in [2.75, 3.05) is 7.11 Å². The van der Waals surface area contributed by atoms with Gasteiger partial charge in [-0.3, -0.25) is 0 Å². The van der Waals surface area contributed by atoms with Gasteiger partial charge >= 0.3 is 0 Å². The molecule has 3 nitrogen and oxygen atoms in total. The molecule has 0 spiro atoms. The molecule has 1 fully saturated rings. The Bertz CT molecular complexity index is 373. The van der Waals surface area contributed by atoms with Gasteiger partial charge in [-0.05, 0) is 31.7 Å². The van der Waals surface area contributed by atoms with Crippen molar-refractivity contribution in [3.8, 4) is 5.88 Å². The van der Waals surface area contributed by atoms with E-state index in [2.05, 4.69) is 23.3 Å². The lowest BCUT2D eigenvalue weighted by molar-refractivity contribution is 0.332. The molecule has 0 aliphatic heterocycles. The summed E-state index contributed by atoms with van der Waals surface area (Å²) in [6, 6.07) is 4.62. The van der Waals surface area contributed by atoms with E-state index in [0.717, 1.165) is 23.9 Å². The van der Waals surface area contributed by atoms with Crippen LogP contribution in [0.2, 0.25) is 0 Å². The topological polar surface area (TPSA) is 34.1 Å². The van der Waals surface area contributed by atoms with Gasteiger partial charge in [0.25, 0.3) is 0 Å². The highest BCUT2D eigenvalue weighted by atomic mass is 16.5. The summed E-state index contributed by atoms with van der Waals surface area (Å²) in [4.78, 5) is 4.24. The van der Waals surface area contributed by atoms with Crippen LogP contribution in [0.5, 0.6) is 5.88 Å². The second-order valence-corrected chi connectivity index (χ2v) is 5.59. The molecule has 1 saturated carbocycles. The van der Waals surface area contributed by atoms with E-state index in [-0.39, 0.29) is 0 Å². The third-order valence-electron chi connectivity index (χ3n) is 4.26. The van der Waals surface area contributed by atoms with Crippen LogP contribution in [0, 0.1) is 5.92 Å². The van der Waals surface area contributed by atoms with Crippen molar-refractivity contribution in [3.63, 3.8) is 0 Å². The maximum absolute atomic E-state index is 5.29. The van der Waals surface area contributed by atoms with Gasteiger partial charge in [0.1, 0.15) is 0 Å². The molecule has 1 aromatic heterocycles. The van der Waals surface area contributed by atoms with Gasteiger partial charge in [-0.15, -0.1) is 0 Å². The average Bonchev–Trinajstić information content (AvgIpc) is 2.74. The van der Waals surface area contributed by atoms with Crippen molar-refractivity contribution < 1.29 is 4.74 Å². The van der Waals surface area contributed by atoms with E-state index in [9.17, 15) is 0 Å². The van der Waals surface area contributed by atoms with Crippen LogP contribution in [0.3, 0.4) is 0 Å². The minimum atomic E-state index is 0.572. The van der Waals surface area contributed by atoms with E-state index in [1.165, 1.54) is 38.5 Å². The molecule has 106 valence electrons. The lowest BCUT2D eigenvalue weighted by atomic mass is 9.93. The predicted molar refractivity (Wildman–Crippen MR) is 78.3 cm³/mol. The molecule has 2 rings (SSSR count).